The maximum Gasteiger partial charge on any atom is 0.330 e. The van der Waals surface area contributed by atoms with Gasteiger partial charge in [-0.1, -0.05) is 41.9 Å². The number of carbonyl (C=O) groups excluding carboxylic acids is 1. The number of fused-ring (bicyclic) bond motifs is 1. The SMILES string of the molecule is COc1nc(-c2cccc(-c3cccc(NC(=O)c4cn(C)c(=O)n(C)c4=O)c3F)c2Cl)cc2c1[C@@H](NC1CCOCC1)CC2. The lowest BCUT2D eigenvalue weighted by molar-refractivity contribution is 0.0747. The largest absolute Gasteiger partial charge is 0.481 e. The lowest BCUT2D eigenvalue weighted by atomic mass is 9.98. The van der Waals surface area contributed by atoms with Gasteiger partial charge in [0.2, 0.25) is 5.88 Å². The molecule has 1 amide bonds. The number of benzene rings is 2. The highest BCUT2D eigenvalue weighted by Crippen LogP contribution is 2.43. The number of aryl methyl sites for hydroxylation is 2. The smallest absolute Gasteiger partial charge is 0.330 e. The summed E-state index contributed by atoms with van der Waals surface area (Å²) in [6.45, 7) is 1.51. The van der Waals surface area contributed by atoms with E-state index in [1.165, 1.54) is 20.2 Å². The van der Waals surface area contributed by atoms with Crippen molar-refractivity contribution in [2.75, 3.05) is 25.6 Å². The molecule has 2 aliphatic rings. The number of aromatic nitrogens is 3. The van der Waals surface area contributed by atoms with Crippen molar-refractivity contribution in [3.63, 3.8) is 0 Å². The Bertz CT molecular complexity index is 1920. The number of hydrogen-bond acceptors (Lipinski definition) is 7. The van der Waals surface area contributed by atoms with E-state index in [4.69, 9.17) is 26.1 Å². The number of nitrogens with zero attached hydrogens (tertiary/aromatic N) is 3. The Morgan fingerprint density at radius 1 is 1.07 bits per heavy atom. The summed E-state index contributed by atoms with van der Waals surface area (Å²) in [5.41, 5.74) is 2.15. The lowest BCUT2D eigenvalue weighted by Crippen LogP contribution is -2.40. The molecule has 6 rings (SSSR count). The van der Waals surface area contributed by atoms with E-state index in [1.54, 1.807) is 31.4 Å². The van der Waals surface area contributed by atoms with Gasteiger partial charge >= 0.3 is 5.69 Å². The number of hydrogen-bond donors (Lipinski definition) is 2. The molecule has 2 N–H and O–H groups in total. The Balaban J connectivity index is 1.32. The quantitative estimate of drug-likeness (QED) is 0.305. The number of nitrogens with one attached hydrogen (secondary N) is 2. The van der Waals surface area contributed by atoms with E-state index >= 15 is 4.39 Å². The molecule has 1 saturated heterocycles. The molecule has 1 atom stereocenters. The molecule has 2 aromatic carbocycles. The summed E-state index contributed by atoms with van der Waals surface area (Å²) >= 11 is 6.94. The van der Waals surface area contributed by atoms with Crippen molar-refractivity contribution >= 4 is 23.2 Å². The summed E-state index contributed by atoms with van der Waals surface area (Å²) in [5.74, 6) is -1.04. The molecule has 0 bridgehead atoms. The van der Waals surface area contributed by atoms with Crippen LogP contribution < -0.4 is 26.6 Å². The fourth-order valence-electron chi connectivity index (χ4n) is 6.14. The minimum atomic E-state index is -0.846. The molecule has 4 aromatic rings. The molecule has 12 heteroatoms. The van der Waals surface area contributed by atoms with Crippen LogP contribution >= 0.6 is 11.6 Å². The van der Waals surface area contributed by atoms with Crippen molar-refractivity contribution in [3.8, 4) is 28.3 Å². The van der Waals surface area contributed by atoms with Crippen LogP contribution in [0.2, 0.25) is 5.02 Å². The van der Waals surface area contributed by atoms with Gasteiger partial charge < -0.3 is 24.7 Å². The van der Waals surface area contributed by atoms with Crippen molar-refractivity contribution in [2.45, 2.75) is 37.8 Å². The lowest BCUT2D eigenvalue weighted by Gasteiger charge is -2.27. The van der Waals surface area contributed by atoms with Crippen LogP contribution in [0.4, 0.5) is 10.1 Å². The second-order valence-electron chi connectivity index (χ2n) is 11.3. The van der Waals surface area contributed by atoms with Crippen LogP contribution in [-0.4, -0.2) is 46.4 Å². The fraction of sp³-hybridized carbons (Fsp3) is 0.333. The molecular weight excluding hydrogens is 601 g/mol. The van der Waals surface area contributed by atoms with E-state index < -0.39 is 23.0 Å². The van der Waals surface area contributed by atoms with Gasteiger partial charge in [0, 0.05) is 67.8 Å². The predicted octanol–water partition coefficient (Wildman–Crippen LogP) is 4.62. The summed E-state index contributed by atoms with van der Waals surface area (Å²) < 4.78 is 29.1. The first kappa shape index (κ1) is 30.7. The fourth-order valence-corrected chi connectivity index (χ4v) is 6.47. The molecule has 2 aromatic heterocycles. The zero-order chi connectivity index (χ0) is 31.8. The molecule has 0 spiro atoms. The van der Waals surface area contributed by atoms with Gasteiger partial charge in [0.25, 0.3) is 11.5 Å². The van der Waals surface area contributed by atoms with Crippen molar-refractivity contribution in [3.05, 3.63) is 97.0 Å². The number of pyridine rings is 1. The monoisotopic (exact) mass is 633 g/mol. The Kier molecular flexibility index (Phi) is 8.59. The highest BCUT2D eigenvalue weighted by Gasteiger charge is 2.31. The van der Waals surface area contributed by atoms with Crippen LogP contribution in [0.1, 0.15) is 46.8 Å². The van der Waals surface area contributed by atoms with Gasteiger partial charge in [-0.2, -0.15) is 0 Å². The van der Waals surface area contributed by atoms with E-state index in [0.29, 0.717) is 28.7 Å². The molecule has 1 aliphatic heterocycles. The summed E-state index contributed by atoms with van der Waals surface area (Å²) in [5, 5.41) is 6.52. The summed E-state index contributed by atoms with van der Waals surface area (Å²) in [6, 6.07) is 12.4. The summed E-state index contributed by atoms with van der Waals surface area (Å²) in [6.07, 6.45) is 4.85. The van der Waals surface area contributed by atoms with Crippen LogP contribution in [-0.2, 0) is 25.3 Å². The van der Waals surface area contributed by atoms with Gasteiger partial charge in [-0.3, -0.25) is 14.2 Å². The Morgan fingerprint density at radius 2 is 1.78 bits per heavy atom. The van der Waals surface area contributed by atoms with Crippen LogP contribution in [0, 0.1) is 5.82 Å². The van der Waals surface area contributed by atoms with Crippen LogP contribution in [0.15, 0.2) is 58.3 Å². The minimum Gasteiger partial charge on any atom is -0.481 e. The van der Waals surface area contributed by atoms with Crippen molar-refractivity contribution in [1.82, 2.24) is 19.4 Å². The van der Waals surface area contributed by atoms with E-state index in [0.717, 1.165) is 65.4 Å². The molecule has 45 heavy (non-hydrogen) atoms. The topological polar surface area (TPSA) is 116 Å². The van der Waals surface area contributed by atoms with Crippen molar-refractivity contribution < 1.29 is 18.7 Å². The van der Waals surface area contributed by atoms with Gasteiger partial charge in [-0.25, -0.2) is 14.2 Å². The zero-order valence-corrected chi connectivity index (χ0v) is 25.9. The van der Waals surface area contributed by atoms with Crippen LogP contribution in [0.3, 0.4) is 0 Å². The number of ether oxygens (including phenoxy) is 2. The van der Waals surface area contributed by atoms with Crippen LogP contribution in [0.25, 0.3) is 22.4 Å². The number of anilines is 1. The second-order valence-corrected chi connectivity index (χ2v) is 11.7. The molecular formula is C33H33ClFN5O5. The first-order chi connectivity index (χ1) is 21.7. The first-order valence-corrected chi connectivity index (χ1v) is 15.1. The summed E-state index contributed by atoms with van der Waals surface area (Å²) in [7, 11) is 4.29. The van der Waals surface area contributed by atoms with Crippen molar-refractivity contribution in [1.29, 1.82) is 0 Å². The predicted molar refractivity (Wildman–Crippen MR) is 170 cm³/mol. The number of rotatable bonds is 7. The van der Waals surface area contributed by atoms with E-state index in [9.17, 15) is 14.4 Å². The summed E-state index contributed by atoms with van der Waals surface area (Å²) in [4.78, 5) is 42.4. The van der Waals surface area contributed by atoms with E-state index in [-0.39, 0.29) is 27.9 Å². The van der Waals surface area contributed by atoms with Crippen LogP contribution in [0.5, 0.6) is 5.88 Å². The Labute approximate surface area is 263 Å². The Hall–Kier alpha value is -4.32. The molecule has 234 valence electrons. The third-order valence-corrected chi connectivity index (χ3v) is 8.92. The van der Waals surface area contributed by atoms with E-state index in [1.807, 2.05) is 12.1 Å². The molecule has 3 heterocycles. The number of halogens is 2. The number of amides is 1. The maximum atomic E-state index is 15.9. The molecule has 0 unspecified atom stereocenters. The van der Waals surface area contributed by atoms with Gasteiger partial charge in [-0.15, -0.1) is 0 Å². The zero-order valence-electron chi connectivity index (χ0n) is 25.2. The van der Waals surface area contributed by atoms with Gasteiger partial charge in [0.1, 0.15) is 5.56 Å². The maximum absolute atomic E-state index is 15.9. The van der Waals surface area contributed by atoms with E-state index in [2.05, 4.69) is 10.6 Å². The molecule has 1 fully saturated rings. The average Bonchev–Trinajstić information content (AvgIpc) is 3.45. The third kappa shape index (κ3) is 5.79. The highest BCUT2D eigenvalue weighted by atomic mass is 35.5. The standard InChI is InChI=1S/C33H33ClFN5O5/c1-39-17-23(32(42)40(2)33(39)43)30(41)37-25-9-5-7-21(29(25)35)20-6-4-8-22(28(20)34)26-16-18-10-11-24(27(18)31(38-26)44-3)36-19-12-14-45-15-13-19/h4-9,16-17,19,24,36H,10-15H2,1-3H3,(H,37,41)/t24-/m0/s1. The molecule has 0 saturated carbocycles. The van der Waals surface area contributed by atoms with Gasteiger partial charge in [0.15, 0.2) is 5.82 Å². The van der Waals surface area contributed by atoms with Crippen molar-refractivity contribution in [2.24, 2.45) is 14.1 Å². The first-order valence-electron chi connectivity index (χ1n) is 14.7. The minimum absolute atomic E-state index is 0.134. The normalized spacial score (nSPS) is 16.4. The molecule has 1 aliphatic carbocycles. The number of carbonyl (C=O) groups is 1. The highest BCUT2D eigenvalue weighted by molar-refractivity contribution is 6.36. The van der Waals surface area contributed by atoms with Gasteiger partial charge in [0.05, 0.1) is 23.5 Å². The molecule has 0 radical (unpaired) electrons. The number of methoxy groups -OCH3 is 1. The third-order valence-electron chi connectivity index (χ3n) is 8.51. The average molecular weight is 634 g/mol. The second kappa shape index (κ2) is 12.6. The molecule has 10 nitrogen and oxygen atoms in total. The Morgan fingerprint density at radius 3 is 2.53 bits per heavy atom. The van der Waals surface area contributed by atoms with Gasteiger partial charge in [-0.05, 0) is 43.4 Å².